The summed E-state index contributed by atoms with van der Waals surface area (Å²) >= 11 is 0. The molecule has 1 aliphatic heterocycles. The average Bonchev–Trinajstić information content (AvgIpc) is 3.34. The standard InChI is InChI=1S/C34H40BNO4/c1-32(2,3)24-14-12-13-23(19-24)20-25(35-39-33(4,5)34(6,7)40-35)21-36-31(37)38-22-30-28-17-10-8-15-26(28)27-16-9-11-18-29(27)30/h8-20,30H,21-22H2,1-7H3,(H,36,37). The van der Waals surface area contributed by atoms with Crippen LogP contribution >= 0.6 is 0 Å². The minimum absolute atomic E-state index is 0.0106. The van der Waals surface area contributed by atoms with Gasteiger partial charge in [0.2, 0.25) is 0 Å². The molecule has 1 amide bonds. The normalized spacial score (nSPS) is 17.9. The molecule has 0 spiro atoms. The molecule has 2 aliphatic rings. The third-order valence-electron chi connectivity index (χ3n) is 8.44. The highest BCUT2D eigenvalue weighted by atomic mass is 16.7. The lowest BCUT2D eigenvalue weighted by Crippen LogP contribution is -2.41. The van der Waals surface area contributed by atoms with E-state index in [1.165, 1.54) is 27.8 Å². The molecule has 0 unspecified atom stereocenters. The number of hydrogen-bond acceptors (Lipinski definition) is 4. The van der Waals surface area contributed by atoms with Gasteiger partial charge in [-0.1, -0.05) is 99.6 Å². The SMILES string of the molecule is CC(C)(C)c1cccc(C=C(CNC(=O)OCC2c3ccccc3-c3ccccc32)B2OC(C)(C)C(C)(C)O2)c1. The van der Waals surface area contributed by atoms with Gasteiger partial charge in [-0.15, -0.1) is 0 Å². The van der Waals surface area contributed by atoms with Gasteiger partial charge in [0, 0.05) is 12.5 Å². The van der Waals surface area contributed by atoms with Crippen molar-refractivity contribution in [2.45, 2.75) is 71.0 Å². The summed E-state index contributed by atoms with van der Waals surface area (Å²) in [5.74, 6) is 0.0106. The molecule has 1 heterocycles. The fourth-order valence-corrected chi connectivity index (χ4v) is 5.33. The molecule has 0 aromatic heterocycles. The number of nitrogens with one attached hydrogen (secondary N) is 1. The van der Waals surface area contributed by atoms with Crippen LogP contribution < -0.4 is 5.32 Å². The Labute approximate surface area is 239 Å². The first-order chi connectivity index (χ1) is 18.9. The topological polar surface area (TPSA) is 56.8 Å². The van der Waals surface area contributed by atoms with Crippen molar-refractivity contribution in [3.05, 3.63) is 101 Å². The number of ether oxygens (including phenoxy) is 1. The zero-order valence-corrected chi connectivity index (χ0v) is 24.7. The first-order valence-electron chi connectivity index (χ1n) is 14.1. The fourth-order valence-electron chi connectivity index (χ4n) is 5.33. The number of hydrogen-bond donors (Lipinski definition) is 1. The largest absolute Gasteiger partial charge is 0.492 e. The van der Waals surface area contributed by atoms with Crippen LogP contribution in [0.25, 0.3) is 17.2 Å². The fraction of sp³-hybridized carbons (Fsp3) is 0.382. The Morgan fingerprint density at radius 3 is 2.05 bits per heavy atom. The Hall–Kier alpha value is -3.35. The number of rotatable bonds is 6. The summed E-state index contributed by atoms with van der Waals surface area (Å²) in [7, 11) is -0.586. The summed E-state index contributed by atoms with van der Waals surface area (Å²) in [6.07, 6.45) is 1.59. The third kappa shape index (κ3) is 5.61. The Morgan fingerprint density at radius 2 is 1.48 bits per heavy atom. The second-order valence-corrected chi connectivity index (χ2v) is 12.9. The lowest BCUT2D eigenvalue weighted by molar-refractivity contribution is 0.00578. The van der Waals surface area contributed by atoms with Crippen LogP contribution in [0, 0.1) is 0 Å². The third-order valence-corrected chi connectivity index (χ3v) is 8.44. The van der Waals surface area contributed by atoms with E-state index in [9.17, 15) is 4.79 Å². The van der Waals surface area contributed by atoms with Gasteiger partial charge in [0.15, 0.2) is 0 Å². The van der Waals surface area contributed by atoms with E-state index in [2.05, 4.69) is 80.7 Å². The van der Waals surface area contributed by atoms with Gasteiger partial charge >= 0.3 is 13.2 Å². The summed E-state index contributed by atoms with van der Waals surface area (Å²) in [5, 5.41) is 2.96. The van der Waals surface area contributed by atoms with Gasteiger partial charge in [-0.25, -0.2) is 4.79 Å². The van der Waals surface area contributed by atoms with E-state index in [1.807, 2.05) is 52.0 Å². The second-order valence-electron chi connectivity index (χ2n) is 12.9. The van der Waals surface area contributed by atoms with Crippen molar-refractivity contribution in [1.82, 2.24) is 5.32 Å². The molecule has 1 fully saturated rings. The molecule has 3 aromatic carbocycles. The van der Waals surface area contributed by atoms with Gasteiger partial charge in [-0.3, -0.25) is 0 Å². The smallest absolute Gasteiger partial charge is 0.449 e. The number of amides is 1. The maximum atomic E-state index is 13.0. The molecule has 5 nitrogen and oxygen atoms in total. The van der Waals surface area contributed by atoms with E-state index < -0.39 is 24.4 Å². The lowest BCUT2D eigenvalue weighted by Gasteiger charge is -2.32. The number of benzene rings is 3. The van der Waals surface area contributed by atoms with Crippen molar-refractivity contribution in [3.8, 4) is 11.1 Å². The van der Waals surface area contributed by atoms with Gasteiger partial charge in [0.05, 0.1) is 11.2 Å². The van der Waals surface area contributed by atoms with Crippen LogP contribution in [-0.4, -0.2) is 37.6 Å². The summed E-state index contributed by atoms with van der Waals surface area (Å²) < 4.78 is 18.5. The van der Waals surface area contributed by atoms with Crippen LogP contribution in [0.1, 0.15) is 76.6 Å². The summed E-state index contributed by atoms with van der Waals surface area (Å²) in [4.78, 5) is 13.0. The Bertz CT molecular complexity index is 1370. The Balaban J connectivity index is 1.32. The minimum Gasteiger partial charge on any atom is -0.449 e. The van der Waals surface area contributed by atoms with E-state index in [0.29, 0.717) is 0 Å². The molecule has 0 atom stereocenters. The number of carbonyl (C=O) groups is 1. The molecule has 208 valence electrons. The molecular weight excluding hydrogens is 497 g/mol. The van der Waals surface area contributed by atoms with Crippen LogP contribution in [0.2, 0.25) is 0 Å². The maximum Gasteiger partial charge on any atom is 0.492 e. The van der Waals surface area contributed by atoms with E-state index in [4.69, 9.17) is 14.0 Å². The van der Waals surface area contributed by atoms with Crippen molar-refractivity contribution in [2.75, 3.05) is 13.2 Å². The second kappa shape index (κ2) is 10.6. The predicted molar refractivity (Wildman–Crippen MR) is 162 cm³/mol. The van der Waals surface area contributed by atoms with E-state index in [0.717, 1.165) is 11.0 Å². The Kier molecular flexibility index (Phi) is 7.45. The lowest BCUT2D eigenvalue weighted by atomic mass is 9.76. The molecule has 0 bridgehead atoms. The van der Waals surface area contributed by atoms with E-state index in [-0.39, 0.29) is 24.5 Å². The average molecular weight is 538 g/mol. The zero-order valence-electron chi connectivity index (χ0n) is 24.7. The number of alkyl carbamates (subject to hydrolysis) is 1. The molecule has 0 radical (unpaired) electrons. The summed E-state index contributed by atoms with van der Waals surface area (Å²) in [6, 6.07) is 25.1. The number of carbonyl (C=O) groups excluding carboxylic acids is 1. The highest BCUT2D eigenvalue weighted by Gasteiger charge is 2.52. The number of fused-ring (bicyclic) bond motifs is 3. The van der Waals surface area contributed by atoms with Crippen molar-refractivity contribution < 1.29 is 18.8 Å². The van der Waals surface area contributed by atoms with Crippen LogP contribution in [0.3, 0.4) is 0 Å². The Morgan fingerprint density at radius 1 is 0.900 bits per heavy atom. The highest BCUT2D eigenvalue weighted by Crippen LogP contribution is 2.44. The molecule has 0 saturated carbocycles. The molecule has 5 rings (SSSR count). The first-order valence-corrected chi connectivity index (χ1v) is 14.1. The van der Waals surface area contributed by atoms with E-state index >= 15 is 0 Å². The maximum absolute atomic E-state index is 13.0. The summed E-state index contributed by atoms with van der Waals surface area (Å²) in [5.41, 5.74) is 6.92. The molecule has 1 aliphatic carbocycles. The van der Waals surface area contributed by atoms with E-state index in [1.54, 1.807) is 0 Å². The van der Waals surface area contributed by atoms with Crippen molar-refractivity contribution in [1.29, 1.82) is 0 Å². The minimum atomic E-state index is -0.586. The highest BCUT2D eigenvalue weighted by molar-refractivity contribution is 6.56. The van der Waals surface area contributed by atoms with Crippen molar-refractivity contribution in [3.63, 3.8) is 0 Å². The van der Waals surface area contributed by atoms with Crippen LogP contribution in [0.15, 0.2) is 78.3 Å². The molecule has 40 heavy (non-hydrogen) atoms. The van der Waals surface area contributed by atoms with Gasteiger partial charge < -0.3 is 19.4 Å². The predicted octanol–water partition coefficient (Wildman–Crippen LogP) is 7.54. The molecule has 6 heteroatoms. The molecule has 1 N–H and O–H groups in total. The van der Waals surface area contributed by atoms with Crippen LogP contribution in [-0.2, 0) is 19.5 Å². The van der Waals surface area contributed by atoms with Crippen molar-refractivity contribution >= 4 is 19.3 Å². The van der Waals surface area contributed by atoms with Crippen molar-refractivity contribution in [2.24, 2.45) is 0 Å². The van der Waals surface area contributed by atoms with Gasteiger partial charge in [-0.2, -0.15) is 0 Å². The van der Waals surface area contributed by atoms with Crippen LogP contribution in [0.5, 0.6) is 0 Å². The van der Waals surface area contributed by atoms with Crippen LogP contribution in [0.4, 0.5) is 4.79 Å². The summed E-state index contributed by atoms with van der Waals surface area (Å²) in [6.45, 7) is 15.2. The first kappa shape index (κ1) is 28.2. The molecule has 3 aromatic rings. The van der Waals surface area contributed by atoms with Gasteiger partial charge in [-0.05, 0) is 72.0 Å². The monoisotopic (exact) mass is 537 g/mol. The zero-order chi connectivity index (χ0) is 28.7. The molecule has 1 saturated heterocycles. The van der Waals surface area contributed by atoms with Gasteiger partial charge in [0.1, 0.15) is 6.61 Å². The quantitative estimate of drug-likeness (QED) is 0.330. The molecular formula is C34H40BNO4. The van der Waals surface area contributed by atoms with Gasteiger partial charge in [0.25, 0.3) is 0 Å².